The Bertz CT molecular complexity index is 463. The fourth-order valence-electron chi connectivity index (χ4n) is 2.10. The maximum Gasteiger partial charge on any atom is 0.229 e. The van der Waals surface area contributed by atoms with E-state index in [0.29, 0.717) is 17.9 Å². The third-order valence-corrected chi connectivity index (χ3v) is 3.10. The number of amides is 1. The Hall–Kier alpha value is -1.78. The topological polar surface area (TPSA) is 50.4 Å². The molecule has 0 aromatic heterocycles. The van der Waals surface area contributed by atoms with Crippen molar-refractivity contribution in [3.63, 3.8) is 0 Å². The quantitative estimate of drug-likeness (QED) is 0.869. The lowest BCUT2D eigenvalue weighted by Gasteiger charge is -2.11. The summed E-state index contributed by atoms with van der Waals surface area (Å²) in [5, 5.41) is 5.91. The van der Waals surface area contributed by atoms with Gasteiger partial charge in [0, 0.05) is 18.7 Å². The Kier molecular flexibility index (Phi) is 3.69. The van der Waals surface area contributed by atoms with Gasteiger partial charge in [-0.3, -0.25) is 4.79 Å². The number of methoxy groups -OCH3 is 1. The molecule has 0 fully saturated rings. The first-order chi connectivity index (χ1) is 8.65. The van der Waals surface area contributed by atoms with Crippen LogP contribution in [0.15, 0.2) is 12.1 Å². The molecule has 1 aromatic rings. The summed E-state index contributed by atoms with van der Waals surface area (Å²) in [7, 11) is 1.42. The number of nitrogens with one attached hydrogen (secondary N) is 2. The zero-order valence-corrected chi connectivity index (χ0v) is 10.5. The van der Waals surface area contributed by atoms with Gasteiger partial charge in [0.2, 0.25) is 5.91 Å². The molecule has 1 amide bonds. The molecular weight excluding hydrogens is 235 g/mol. The Balaban J connectivity index is 2.29. The average molecular weight is 252 g/mol. The van der Waals surface area contributed by atoms with Crippen molar-refractivity contribution in [2.45, 2.75) is 19.8 Å². The number of hydrogen-bond acceptors (Lipinski definition) is 3. The SMILES string of the molecule is CCCC1CNc2cc(OC)c(F)cc2NC1=O. The van der Waals surface area contributed by atoms with E-state index in [2.05, 4.69) is 10.6 Å². The summed E-state index contributed by atoms with van der Waals surface area (Å²) in [5.74, 6) is -0.458. The van der Waals surface area contributed by atoms with Crippen LogP contribution in [-0.2, 0) is 4.79 Å². The molecule has 1 aromatic carbocycles. The highest BCUT2D eigenvalue weighted by molar-refractivity contribution is 5.97. The lowest BCUT2D eigenvalue weighted by atomic mass is 10.0. The molecule has 0 spiro atoms. The number of rotatable bonds is 3. The minimum atomic E-state index is -0.479. The van der Waals surface area contributed by atoms with E-state index in [1.54, 1.807) is 6.07 Å². The van der Waals surface area contributed by atoms with Crippen molar-refractivity contribution in [2.75, 3.05) is 24.3 Å². The van der Waals surface area contributed by atoms with Gasteiger partial charge in [0.15, 0.2) is 11.6 Å². The van der Waals surface area contributed by atoms with Gasteiger partial charge in [0.1, 0.15) is 0 Å². The zero-order chi connectivity index (χ0) is 13.1. The van der Waals surface area contributed by atoms with Gasteiger partial charge in [-0.15, -0.1) is 0 Å². The number of carbonyl (C=O) groups excluding carboxylic acids is 1. The number of hydrogen-bond donors (Lipinski definition) is 2. The van der Waals surface area contributed by atoms with E-state index < -0.39 is 5.82 Å². The van der Waals surface area contributed by atoms with Crippen LogP contribution in [0.3, 0.4) is 0 Å². The first kappa shape index (κ1) is 12.7. The van der Waals surface area contributed by atoms with Crippen LogP contribution in [0.2, 0.25) is 0 Å². The van der Waals surface area contributed by atoms with E-state index in [4.69, 9.17) is 4.74 Å². The van der Waals surface area contributed by atoms with Crippen LogP contribution in [0.25, 0.3) is 0 Å². The third kappa shape index (κ3) is 2.39. The van der Waals surface area contributed by atoms with Gasteiger partial charge in [-0.2, -0.15) is 0 Å². The lowest BCUT2D eigenvalue weighted by Crippen LogP contribution is -2.25. The van der Waals surface area contributed by atoms with E-state index >= 15 is 0 Å². The molecule has 98 valence electrons. The monoisotopic (exact) mass is 252 g/mol. The Morgan fingerprint density at radius 1 is 1.44 bits per heavy atom. The van der Waals surface area contributed by atoms with Crippen molar-refractivity contribution in [3.8, 4) is 5.75 Å². The predicted molar refractivity (Wildman–Crippen MR) is 68.5 cm³/mol. The molecule has 1 aliphatic heterocycles. The molecule has 0 saturated heterocycles. The molecule has 2 N–H and O–H groups in total. The second kappa shape index (κ2) is 5.25. The summed E-state index contributed by atoms with van der Waals surface area (Å²) in [6.07, 6.45) is 1.75. The molecule has 1 aliphatic rings. The van der Waals surface area contributed by atoms with E-state index in [1.807, 2.05) is 6.92 Å². The van der Waals surface area contributed by atoms with Crippen molar-refractivity contribution in [2.24, 2.45) is 5.92 Å². The molecule has 2 rings (SSSR count). The van der Waals surface area contributed by atoms with E-state index in [0.717, 1.165) is 12.8 Å². The first-order valence-electron chi connectivity index (χ1n) is 6.08. The van der Waals surface area contributed by atoms with Crippen molar-refractivity contribution in [1.82, 2.24) is 0 Å². The molecule has 5 heteroatoms. The minimum Gasteiger partial charge on any atom is -0.494 e. The summed E-state index contributed by atoms with van der Waals surface area (Å²) in [6.45, 7) is 2.59. The van der Waals surface area contributed by atoms with Crippen LogP contribution >= 0.6 is 0 Å². The van der Waals surface area contributed by atoms with Crippen molar-refractivity contribution >= 4 is 17.3 Å². The van der Waals surface area contributed by atoms with Gasteiger partial charge in [0.05, 0.1) is 24.4 Å². The number of ether oxygens (including phenoxy) is 1. The summed E-state index contributed by atoms with van der Waals surface area (Å²) < 4.78 is 18.5. The Labute approximate surface area is 106 Å². The fraction of sp³-hybridized carbons (Fsp3) is 0.462. The van der Waals surface area contributed by atoms with Gasteiger partial charge in [-0.05, 0) is 6.42 Å². The summed E-state index contributed by atoms with van der Waals surface area (Å²) in [4.78, 5) is 11.9. The van der Waals surface area contributed by atoms with E-state index in [-0.39, 0.29) is 17.6 Å². The number of benzene rings is 1. The predicted octanol–water partition coefficient (Wildman–Crippen LogP) is 2.61. The Morgan fingerprint density at radius 2 is 2.22 bits per heavy atom. The average Bonchev–Trinajstić information content (AvgIpc) is 2.49. The third-order valence-electron chi connectivity index (χ3n) is 3.10. The molecule has 0 aliphatic carbocycles. The van der Waals surface area contributed by atoms with E-state index in [1.165, 1.54) is 13.2 Å². The normalized spacial score (nSPS) is 18.4. The molecule has 0 bridgehead atoms. The highest BCUT2D eigenvalue weighted by Gasteiger charge is 2.23. The van der Waals surface area contributed by atoms with Crippen LogP contribution in [0.1, 0.15) is 19.8 Å². The summed E-state index contributed by atoms with van der Waals surface area (Å²) in [5.41, 5.74) is 1.16. The highest BCUT2D eigenvalue weighted by atomic mass is 19.1. The minimum absolute atomic E-state index is 0.0623. The van der Waals surface area contributed by atoms with Crippen molar-refractivity contribution in [1.29, 1.82) is 0 Å². The van der Waals surface area contributed by atoms with Gasteiger partial charge in [0.25, 0.3) is 0 Å². The van der Waals surface area contributed by atoms with Gasteiger partial charge in [-0.25, -0.2) is 4.39 Å². The molecular formula is C13H17FN2O2. The van der Waals surface area contributed by atoms with Crippen molar-refractivity contribution < 1.29 is 13.9 Å². The molecule has 18 heavy (non-hydrogen) atoms. The summed E-state index contributed by atoms with van der Waals surface area (Å²) in [6, 6.07) is 2.85. The van der Waals surface area contributed by atoms with Gasteiger partial charge >= 0.3 is 0 Å². The smallest absolute Gasteiger partial charge is 0.229 e. The van der Waals surface area contributed by atoms with Gasteiger partial charge in [-0.1, -0.05) is 13.3 Å². The van der Waals surface area contributed by atoms with Gasteiger partial charge < -0.3 is 15.4 Å². The van der Waals surface area contributed by atoms with E-state index in [9.17, 15) is 9.18 Å². The zero-order valence-electron chi connectivity index (χ0n) is 10.5. The molecule has 1 heterocycles. The van der Waals surface area contributed by atoms with Crippen LogP contribution in [0, 0.1) is 11.7 Å². The maximum atomic E-state index is 13.6. The second-order valence-electron chi connectivity index (χ2n) is 4.39. The number of halogens is 1. The van der Waals surface area contributed by atoms with Crippen LogP contribution in [0.5, 0.6) is 5.75 Å². The van der Waals surface area contributed by atoms with Crippen LogP contribution in [0.4, 0.5) is 15.8 Å². The van der Waals surface area contributed by atoms with Crippen molar-refractivity contribution in [3.05, 3.63) is 17.9 Å². The standard InChI is InChI=1S/C13H17FN2O2/c1-3-4-8-7-15-10-6-12(18-2)9(14)5-11(10)16-13(8)17/h5-6,8,15H,3-4,7H2,1-2H3,(H,16,17). The fourth-order valence-corrected chi connectivity index (χ4v) is 2.10. The Morgan fingerprint density at radius 3 is 2.89 bits per heavy atom. The highest BCUT2D eigenvalue weighted by Crippen LogP contribution is 2.32. The number of anilines is 2. The summed E-state index contributed by atoms with van der Waals surface area (Å²) >= 11 is 0. The molecule has 0 radical (unpaired) electrons. The molecule has 4 nitrogen and oxygen atoms in total. The number of fused-ring (bicyclic) bond motifs is 1. The lowest BCUT2D eigenvalue weighted by molar-refractivity contribution is -0.119. The van der Waals surface area contributed by atoms with Crippen LogP contribution in [-0.4, -0.2) is 19.6 Å². The largest absolute Gasteiger partial charge is 0.494 e. The first-order valence-corrected chi connectivity index (χ1v) is 6.08. The maximum absolute atomic E-state index is 13.6. The second-order valence-corrected chi connectivity index (χ2v) is 4.39. The molecule has 1 unspecified atom stereocenters. The van der Waals surface area contributed by atoms with Crippen LogP contribution < -0.4 is 15.4 Å². The number of carbonyl (C=O) groups is 1. The molecule has 0 saturated carbocycles. The molecule has 1 atom stereocenters.